The van der Waals surface area contributed by atoms with Crippen molar-refractivity contribution in [2.45, 2.75) is 38.3 Å². The maximum atomic E-state index is 10.3. The van der Waals surface area contributed by atoms with E-state index in [-0.39, 0.29) is 38.5 Å². The van der Waals surface area contributed by atoms with E-state index in [1.165, 1.54) is 18.3 Å². The number of aryl methyl sites for hydroxylation is 2. The van der Waals surface area contributed by atoms with Crippen LogP contribution < -0.4 is 24.6 Å². The van der Waals surface area contributed by atoms with Gasteiger partial charge in [-0.05, 0) is 38.1 Å². The van der Waals surface area contributed by atoms with Gasteiger partial charge in [-0.3, -0.25) is 4.70 Å². The summed E-state index contributed by atoms with van der Waals surface area (Å²) >= 11 is -4.45. The van der Waals surface area contributed by atoms with Crippen LogP contribution in [-0.4, -0.2) is 73.3 Å². The second kappa shape index (κ2) is 15.6. The second-order valence-electron chi connectivity index (χ2n) is 6.22. The fraction of sp³-hybridized carbons (Fsp3) is 0.300. The Morgan fingerprint density at radius 1 is 0.871 bits per heavy atom. The number of carbonyl (C=O) groups excluding carboxylic acids is 2. The summed E-state index contributed by atoms with van der Waals surface area (Å²) in [6, 6.07) is 17.8. The molecule has 31 heavy (non-hydrogen) atoms. The predicted octanol–water partition coefficient (Wildman–Crippen LogP) is -3.79. The van der Waals surface area contributed by atoms with E-state index in [9.17, 15) is 16.0 Å². The zero-order valence-electron chi connectivity index (χ0n) is 16.7. The van der Waals surface area contributed by atoms with Crippen LogP contribution >= 0.6 is 0 Å². The summed E-state index contributed by atoms with van der Waals surface area (Å²) in [5.41, 5.74) is 2.68. The number of hydrogen-bond donors (Lipinski definition) is 3. The second-order valence-corrected chi connectivity index (χ2v) is 11.1. The van der Waals surface area contributed by atoms with Crippen LogP contribution in [0.15, 0.2) is 48.5 Å². The van der Waals surface area contributed by atoms with Crippen molar-refractivity contribution in [1.29, 1.82) is 0 Å². The van der Waals surface area contributed by atoms with Crippen molar-refractivity contribution in [2.24, 2.45) is 0 Å². The van der Waals surface area contributed by atoms with E-state index in [4.69, 9.17) is 15.3 Å². The number of hydrogen-bond acceptors (Lipinski definition) is 8. The van der Waals surface area contributed by atoms with Gasteiger partial charge < -0.3 is 0 Å². The Kier molecular flexibility index (Phi) is 15.1. The monoisotopic (exact) mass is 659 g/mol. The number of rotatable bonds is 9. The van der Waals surface area contributed by atoms with Gasteiger partial charge in [0.25, 0.3) is 0 Å². The van der Waals surface area contributed by atoms with Gasteiger partial charge in [0.2, 0.25) is 0 Å². The van der Waals surface area contributed by atoms with E-state index >= 15 is 0 Å². The van der Waals surface area contributed by atoms with Crippen molar-refractivity contribution in [2.75, 3.05) is 0 Å². The molecule has 0 saturated heterocycles. The summed E-state index contributed by atoms with van der Waals surface area (Å²) < 4.78 is 27.4. The Bertz CT molecular complexity index is 775. The summed E-state index contributed by atoms with van der Waals surface area (Å²) in [7, 11) is 0. The van der Waals surface area contributed by atoms with Crippen LogP contribution in [0.25, 0.3) is 0 Å². The Morgan fingerprint density at radius 2 is 1.29 bits per heavy atom. The first-order chi connectivity index (χ1) is 14.2. The van der Waals surface area contributed by atoms with Gasteiger partial charge in [0, 0.05) is 0 Å². The molecule has 0 bridgehead atoms. The molecule has 4 unspecified atom stereocenters. The molecule has 1 radical (unpaired) electrons. The van der Waals surface area contributed by atoms with Gasteiger partial charge in [0.15, 0.2) is 7.14 Å². The van der Waals surface area contributed by atoms with Crippen molar-refractivity contribution in [1.82, 2.24) is 0 Å². The Balaban J connectivity index is 0.000000562. The third-order valence-electron chi connectivity index (χ3n) is 3.76. The van der Waals surface area contributed by atoms with Gasteiger partial charge in [0.05, 0.1) is 0 Å². The molecule has 8 nitrogen and oxygen atoms in total. The van der Waals surface area contributed by atoms with E-state index in [1.807, 2.05) is 0 Å². The van der Waals surface area contributed by atoms with E-state index in [2.05, 4.69) is 65.4 Å². The number of aliphatic hydroxyl groups is 3. The zero-order chi connectivity index (χ0) is 22.7. The molecule has 2 rings (SSSR count). The molecule has 171 valence electrons. The maximum absolute atomic E-state index is 10.3. The molecule has 3 N–H and O–H groups in total. The molecule has 4 atom stereocenters. The Labute approximate surface area is 198 Å². The Morgan fingerprint density at radius 3 is 1.61 bits per heavy atom. The van der Waals surface area contributed by atoms with Gasteiger partial charge in [-0.25, -0.2) is 0 Å². The molecule has 0 saturated carbocycles. The topological polar surface area (TPSA) is 144 Å². The van der Waals surface area contributed by atoms with Gasteiger partial charge in [-0.15, -0.1) is 0 Å². The third-order valence-corrected chi connectivity index (χ3v) is 7.63. The van der Waals surface area contributed by atoms with Gasteiger partial charge >= 0.3 is 114 Å². The van der Waals surface area contributed by atoms with E-state index in [1.54, 1.807) is 0 Å². The number of aliphatic hydroxyl groups excluding tert-OH is 3. The number of aldehydes is 2. The van der Waals surface area contributed by atoms with Crippen LogP contribution in [0.3, 0.4) is 0 Å². The first kappa shape index (κ1) is 29.9. The van der Waals surface area contributed by atoms with E-state index < -0.39 is 45.5 Å². The van der Waals surface area contributed by atoms with Gasteiger partial charge in [-0.1, -0.05) is 35.4 Å². The molecule has 0 spiro atoms. The molecule has 0 aliphatic rings. The van der Waals surface area contributed by atoms with Crippen molar-refractivity contribution in [3.05, 3.63) is 66.8 Å². The van der Waals surface area contributed by atoms with Crippen LogP contribution in [0.4, 0.5) is 4.70 Å². The summed E-state index contributed by atoms with van der Waals surface area (Å²) in [6.07, 6.45) is -7.82. The van der Waals surface area contributed by atoms with Crippen LogP contribution in [0.1, 0.15) is 11.1 Å². The predicted molar refractivity (Wildman–Crippen MR) is 104 cm³/mol. The molecule has 0 fully saturated rings. The molecule has 11 heteroatoms. The minimum atomic E-state index is -4.45. The molecule has 2 aromatic carbocycles. The molecule has 0 aliphatic carbocycles. The summed E-state index contributed by atoms with van der Waals surface area (Å²) in [4.78, 5) is 20.3. The van der Waals surface area contributed by atoms with Crippen molar-refractivity contribution in [3.63, 3.8) is 0 Å². The van der Waals surface area contributed by atoms with Crippen molar-refractivity contribution < 1.29 is 60.2 Å². The molecule has 0 amide bonds. The quantitative estimate of drug-likeness (QED) is 0.141. The first-order valence-electron chi connectivity index (χ1n) is 8.72. The molecule has 0 aliphatic heterocycles. The zero-order valence-corrected chi connectivity index (χ0v) is 21.4. The van der Waals surface area contributed by atoms with Crippen molar-refractivity contribution >= 4 is 33.6 Å². The molecular formula is C20H24FIO8Sb. The molecule has 2 aromatic rings. The molecule has 0 aromatic heterocycles. The van der Waals surface area contributed by atoms with Gasteiger partial charge in [0.1, 0.15) is 0 Å². The summed E-state index contributed by atoms with van der Waals surface area (Å²) in [5.74, 6) is 0. The first-order valence-corrected chi connectivity index (χ1v) is 14.0. The fourth-order valence-corrected chi connectivity index (χ4v) is 5.28. The fourth-order valence-electron chi connectivity index (χ4n) is 2.06. The molecule has 0 heterocycles. The average molecular weight is 660 g/mol. The number of carbonyl (C=O) groups is 2. The number of halogens is 2. The van der Waals surface area contributed by atoms with Crippen LogP contribution in [0.5, 0.6) is 0 Å². The van der Waals surface area contributed by atoms with E-state index in [0.717, 1.165) is 0 Å². The third kappa shape index (κ3) is 11.3. The SMILES string of the molecule is Cc1ccc([I+]c2ccc(C)cc2)cc1.F.O=CC(O)C(O)C(O)C(C=O)[O][Sb](=[O])[O-]. The minimum absolute atomic E-state index is 0. The van der Waals surface area contributed by atoms with E-state index in [0.29, 0.717) is 0 Å². The number of benzene rings is 2. The standard InChI is InChI=1S/C14H14I.C6H9O6.FH.2O.Sb/c1-11-3-7-13(8-4-11)15-14-9-5-12(2)6-10-14;7-1-3(9)5(11)6(12)4(10)2-8;;;;/h3-10H,1-2H3;1-6,9,11-12H;1H;;;/q+1;-1;;;-1;+1. The Hall–Kier alpha value is -1.14. The summed E-state index contributed by atoms with van der Waals surface area (Å²) in [6.45, 7) is 4.27. The van der Waals surface area contributed by atoms with Crippen LogP contribution in [-0.2, 0) is 15.6 Å². The average Bonchev–Trinajstić information content (AvgIpc) is 2.74. The normalized spacial score (nSPS) is 14.0. The van der Waals surface area contributed by atoms with Crippen LogP contribution in [0, 0.1) is 21.0 Å². The van der Waals surface area contributed by atoms with Crippen LogP contribution in [0.2, 0.25) is 0 Å². The summed E-state index contributed by atoms with van der Waals surface area (Å²) in [5, 5.41) is 27.0. The van der Waals surface area contributed by atoms with Gasteiger partial charge in [-0.2, -0.15) is 0 Å². The van der Waals surface area contributed by atoms with Crippen molar-refractivity contribution in [3.8, 4) is 0 Å². The molecular weight excluding hydrogens is 636 g/mol.